The second-order valence-electron chi connectivity index (χ2n) is 14.5. The van der Waals surface area contributed by atoms with E-state index in [0.717, 1.165) is 0 Å². The monoisotopic (exact) mass is 1190 g/mol. The van der Waals surface area contributed by atoms with Crippen molar-refractivity contribution in [3.8, 4) is 0 Å². The fourth-order valence-electron chi connectivity index (χ4n) is 4.63. The average Bonchev–Trinajstić information content (AvgIpc) is 3.31. The van der Waals surface area contributed by atoms with Crippen molar-refractivity contribution >= 4 is 154 Å². The number of ketones is 2. The summed E-state index contributed by atoms with van der Waals surface area (Å²) in [6.45, 7) is 12.9. The number of aromatic carboxylic acids is 1. The first kappa shape index (κ1) is 81.2. The van der Waals surface area contributed by atoms with E-state index < -0.39 is 101 Å². The van der Waals surface area contributed by atoms with Crippen LogP contribution in [0.3, 0.4) is 0 Å². The summed E-state index contributed by atoms with van der Waals surface area (Å²) >= 11 is 0. The summed E-state index contributed by atoms with van der Waals surface area (Å²) in [6.07, 6.45) is 0.875. The van der Waals surface area contributed by atoms with Crippen LogP contribution in [0.15, 0.2) is 6.20 Å². The van der Waals surface area contributed by atoms with Crippen LogP contribution >= 0.6 is 54.0 Å². The van der Waals surface area contributed by atoms with Crippen LogP contribution in [0.2, 0.25) is 0 Å². The molecule has 3 aromatic heterocycles. The number of carbonyl (C=O) groups is 10. The average molecular weight is 1190 g/mol. The topological polar surface area (TPSA) is 577 Å². The Labute approximate surface area is 472 Å². The van der Waals surface area contributed by atoms with Gasteiger partial charge in [-0.2, -0.15) is 63.6 Å². The minimum atomic E-state index is -1.27. The largest absolute Gasteiger partial charge is 0.481 e. The Morgan fingerprint density at radius 2 is 0.859 bits per heavy atom. The zero-order chi connectivity index (χ0) is 57.7. The van der Waals surface area contributed by atoms with E-state index in [1.54, 1.807) is 27.7 Å². The van der Waals surface area contributed by atoms with Gasteiger partial charge in [-0.05, 0) is 41.5 Å². The molecule has 19 N–H and O–H groups in total. The molecular weight excluding hydrogens is 1120 g/mol. The molecule has 0 bridgehead atoms. The molecule has 0 saturated heterocycles. The molecule has 0 aliphatic rings. The number of hydrogen-bond acceptors (Lipinski definition) is 28. The quantitative estimate of drug-likeness (QED) is 0.0363. The zero-order valence-electron chi connectivity index (χ0n) is 43.2. The predicted molar refractivity (Wildman–Crippen MR) is 295 cm³/mol. The van der Waals surface area contributed by atoms with Gasteiger partial charge >= 0.3 is 42.0 Å². The number of anilines is 6. The van der Waals surface area contributed by atoms with E-state index >= 15 is 0 Å². The first-order valence-corrected chi connectivity index (χ1v) is 21.2. The van der Waals surface area contributed by atoms with E-state index in [-0.39, 0.29) is 138 Å². The highest BCUT2D eigenvalue weighted by Crippen LogP contribution is 2.19. The SMILES string of the molecule is CCOC(=O)[C@H](C)CC(=O)c1nc(N)c(C(=O)N[C@@H](C)C(=O)OCC)nc1N.CCOC(=O)[C@H](C)N.C[C@H](CC(=O)c1nc(N)c(C(=O)N[C@@H](C)C(=O)O)nc1N)C(=O)O.Nc1cnc(N)c(C(=O)O)n1.O=C=O.S.S.S.S. The van der Waals surface area contributed by atoms with Crippen LogP contribution in [0.5, 0.6) is 0 Å². The third-order valence-electron chi connectivity index (χ3n) is 8.34. The van der Waals surface area contributed by atoms with Crippen LogP contribution in [0.1, 0.15) is 121 Å². The van der Waals surface area contributed by atoms with E-state index in [1.807, 2.05) is 0 Å². The lowest BCUT2D eigenvalue weighted by Crippen LogP contribution is -2.40. The number of amides is 2. The van der Waals surface area contributed by atoms with Crippen molar-refractivity contribution in [1.82, 2.24) is 40.5 Å². The van der Waals surface area contributed by atoms with Crippen LogP contribution in [0, 0.1) is 11.8 Å². The summed E-state index contributed by atoms with van der Waals surface area (Å²) in [7, 11) is 0. The van der Waals surface area contributed by atoms with Crippen molar-refractivity contribution < 1.29 is 87.1 Å². The Hall–Kier alpha value is -8.12. The number of carboxylic acids is 3. The van der Waals surface area contributed by atoms with Crippen molar-refractivity contribution in [2.75, 3.05) is 54.2 Å². The van der Waals surface area contributed by atoms with Gasteiger partial charge in [-0.1, -0.05) is 13.8 Å². The summed E-state index contributed by atoms with van der Waals surface area (Å²) < 4.78 is 14.2. The number of aromatic nitrogens is 6. The van der Waals surface area contributed by atoms with Gasteiger partial charge in [-0.25, -0.2) is 39.5 Å². The smallest absolute Gasteiger partial charge is 0.373 e. The van der Waals surface area contributed by atoms with Gasteiger partial charge in [0.25, 0.3) is 11.8 Å². The molecular formula is C41H67N15O18S4. The number of carbonyl (C=O) groups excluding carboxylic acids is 9. The number of hydrogen-bond donors (Lipinski definition) is 12. The molecule has 0 radical (unpaired) electrons. The maximum absolute atomic E-state index is 12.3. The molecule has 0 fully saturated rings. The van der Waals surface area contributed by atoms with Crippen LogP contribution in [-0.2, 0) is 47.8 Å². The zero-order valence-corrected chi connectivity index (χ0v) is 47.2. The predicted octanol–water partition coefficient (Wildman–Crippen LogP) is -1.66. The van der Waals surface area contributed by atoms with Crippen molar-refractivity contribution in [3.63, 3.8) is 0 Å². The Balaban J connectivity index is -0.000000233. The normalized spacial score (nSPS) is 11.2. The van der Waals surface area contributed by atoms with Gasteiger partial charge in [-0.15, -0.1) is 0 Å². The molecule has 37 heteroatoms. The standard InChI is InChI=1S/C17H25N5O6.C13H17N5O6.C5H6N4O2.C5H11NO2.CO2.4H2S/c1-5-27-16(25)8(3)7-10(23)11-13(18)22-12(14(19)21-11)15(24)20-9(4)17(26)28-6-2;1-4(12(21)22)3-6(19)7-9(14)18-8(10(15)17-7)11(20)16-5(2)13(23)24;6-2-1-8-4(7)3(9-2)5(10)11;1-3-8-5(7)4(2)6;2-1-3;;;;/h8-9H,5-7H2,1-4H3,(H2,18,22)(H2,19,21)(H,20,24);4-5H,3H2,1-2H3,(H2,14,18)(H2,15,17)(H,16,20)(H,21,22)(H,23,24);1H,(H2,6,9)(H2,7,8)(H,10,11);4H,3,6H2,1-2H3;;4*1H2/t8-,9+;4-,5+;;4-;;;;;/m11.0...../s1. The summed E-state index contributed by atoms with van der Waals surface area (Å²) in [5.74, 6) is -11.4. The molecule has 5 atom stereocenters. The highest BCUT2D eigenvalue weighted by Gasteiger charge is 2.27. The third-order valence-corrected chi connectivity index (χ3v) is 8.34. The number of Topliss-reactive ketones (excluding diaryl/α,β-unsaturated/α-hetero) is 2. The first-order chi connectivity index (χ1) is 34.4. The summed E-state index contributed by atoms with van der Waals surface area (Å²) in [6, 6.07) is -2.63. The lowest BCUT2D eigenvalue weighted by molar-refractivity contribution is -0.192. The van der Waals surface area contributed by atoms with E-state index in [2.05, 4.69) is 45.3 Å². The molecule has 0 unspecified atom stereocenters. The number of carboxylic acid groups (broad SMARTS) is 3. The number of nitrogens with two attached hydrogens (primary N) is 7. The molecule has 0 aliphatic carbocycles. The van der Waals surface area contributed by atoms with Crippen LogP contribution in [0.4, 0.5) is 34.9 Å². The Morgan fingerprint density at radius 3 is 1.19 bits per heavy atom. The maximum Gasteiger partial charge on any atom is 0.373 e. The van der Waals surface area contributed by atoms with E-state index in [0.29, 0.717) is 6.61 Å². The van der Waals surface area contributed by atoms with E-state index in [4.69, 9.17) is 74.5 Å². The molecule has 33 nitrogen and oxygen atoms in total. The number of esters is 3. The lowest BCUT2D eigenvalue weighted by Gasteiger charge is -2.14. The number of nitrogens with one attached hydrogen (secondary N) is 2. The minimum absolute atomic E-state index is 0. The van der Waals surface area contributed by atoms with Crippen LogP contribution in [0.25, 0.3) is 0 Å². The molecule has 0 spiro atoms. The molecule has 3 heterocycles. The van der Waals surface area contributed by atoms with E-state index in [1.165, 1.54) is 33.9 Å². The Bertz CT molecular complexity index is 2440. The second-order valence-corrected chi connectivity index (χ2v) is 14.5. The van der Waals surface area contributed by atoms with Crippen LogP contribution < -0.4 is 50.8 Å². The molecule has 2 amide bonds. The van der Waals surface area contributed by atoms with Gasteiger partial charge in [0.05, 0.1) is 37.9 Å². The summed E-state index contributed by atoms with van der Waals surface area (Å²) in [5, 5.41) is 30.5. The first-order valence-electron chi connectivity index (χ1n) is 21.2. The number of aliphatic carboxylic acids is 2. The Kier molecular flexibility index (Phi) is 42.8. The number of rotatable bonds is 19. The summed E-state index contributed by atoms with van der Waals surface area (Å²) in [5.41, 5.74) is 36.4. The molecule has 0 saturated carbocycles. The molecule has 0 aromatic carbocycles. The number of ether oxygens (including phenoxy) is 3. The lowest BCUT2D eigenvalue weighted by atomic mass is 10.0. The minimum Gasteiger partial charge on any atom is -0.481 e. The number of nitrogens with zero attached hydrogens (tertiary/aromatic N) is 6. The van der Waals surface area contributed by atoms with Crippen molar-refractivity contribution in [1.29, 1.82) is 0 Å². The number of nitrogen functional groups attached to an aromatic ring is 6. The van der Waals surface area contributed by atoms with Gasteiger partial charge in [0.2, 0.25) is 0 Å². The van der Waals surface area contributed by atoms with Gasteiger partial charge in [-0.3, -0.25) is 38.4 Å². The molecule has 3 rings (SSSR count). The molecule has 438 valence electrons. The van der Waals surface area contributed by atoms with Crippen LogP contribution in [-0.4, -0.2) is 149 Å². The highest BCUT2D eigenvalue weighted by molar-refractivity contribution is 7.59. The summed E-state index contributed by atoms with van der Waals surface area (Å²) in [4.78, 5) is 152. The van der Waals surface area contributed by atoms with E-state index in [9.17, 15) is 47.9 Å². The van der Waals surface area contributed by atoms with Gasteiger partial charge < -0.3 is 80.3 Å². The van der Waals surface area contributed by atoms with Crippen molar-refractivity contribution in [2.45, 2.75) is 86.4 Å². The van der Waals surface area contributed by atoms with Crippen molar-refractivity contribution in [2.24, 2.45) is 17.6 Å². The van der Waals surface area contributed by atoms with Gasteiger partial charge in [0, 0.05) is 12.8 Å². The fraction of sp³-hybridized carbons (Fsp3) is 0.439. The van der Waals surface area contributed by atoms with Gasteiger partial charge in [0.1, 0.15) is 23.9 Å². The fourth-order valence-corrected chi connectivity index (χ4v) is 4.63. The Morgan fingerprint density at radius 1 is 0.513 bits per heavy atom. The highest BCUT2D eigenvalue weighted by atomic mass is 32.1. The molecule has 3 aromatic rings. The molecule has 0 aliphatic heterocycles. The van der Waals surface area contributed by atoms with Crippen molar-refractivity contribution in [3.05, 3.63) is 34.7 Å². The maximum atomic E-state index is 12.3. The molecule has 78 heavy (non-hydrogen) atoms. The third kappa shape index (κ3) is 29.3. The second kappa shape index (κ2) is 41.1. The van der Waals surface area contributed by atoms with Gasteiger partial charge in [0.15, 0.2) is 69.1 Å².